The van der Waals surface area contributed by atoms with Gasteiger partial charge in [-0.3, -0.25) is 4.90 Å². The first-order valence-corrected chi connectivity index (χ1v) is 8.44. The molecule has 2 fully saturated rings. The summed E-state index contributed by atoms with van der Waals surface area (Å²) in [5, 5.41) is 3.50. The first-order chi connectivity index (χ1) is 10.3. The monoisotopic (exact) mass is 287 g/mol. The molecule has 1 atom stereocenters. The van der Waals surface area contributed by atoms with Crippen molar-refractivity contribution in [1.29, 1.82) is 0 Å². The normalized spacial score (nSPS) is 22.4. The van der Waals surface area contributed by atoms with Gasteiger partial charge >= 0.3 is 0 Å². The molecule has 0 amide bonds. The molecule has 3 nitrogen and oxygen atoms in total. The highest BCUT2D eigenvalue weighted by atomic mass is 15.3. The van der Waals surface area contributed by atoms with Gasteiger partial charge in [0.05, 0.1) is 0 Å². The Morgan fingerprint density at radius 3 is 2.38 bits per heavy atom. The molecule has 1 heterocycles. The summed E-state index contributed by atoms with van der Waals surface area (Å²) in [6.07, 6.45) is 2.94. The van der Waals surface area contributed by atoms with Crippen LogP contribution in [0.15, 0.2) is 24.3 Å². The van der Waals surface area contributed by atoms with Crippen LogP contribution >= 0.6 is 0 Å². The van der Waals surface area contributed by atoms with E-state index in [0.717, 1.165) is 12.5 Å². The van der Waals surface area contributed by atoms with Crippen LogP contribution in [0.25, 0.3) is 0 Å². The summed E-state index contributed by atoms with van der Waals surface area (Å²) >= 11 is 0. The average Bonchev–Trinajstić information content (AvgIpc) is 3.31. The number of benzene rings is 1. The Balaban J connectivity index is 1.52. The number of nitrogens with one attached hydrogen (secondary N) is 1. The smallest absolute Gasteiger partial charge is 0.0449 e. The van der Waals surface area contributed by atoms with Crippen LogP contribution in [-0.2, 0) is 0 Å². The number of piperazine rings is 1. The number of nitrogens with zero attached hydrogens (tertiary/aromatic N) is 2. The van der Waals surface area contributed by atoms with E-state index >= 15 is 0 Å². The van der Waals surface area contributed by atoms with Crippen molar-refractivity contribution in [2.45, 2.75) is 25.8 Å². The van der Waals surface area contributed by atoms with Gasteiger partial charge in [0.15, 0.2) is 0 Å². The van der Waals surface area contributed by atoms with E-state index in [1.807, 2.05) is 0 Å². The number of likely N-dealkylation sites (N-methyl/N-ethyl adjacent to an activating group) is 1. The van der Waals surface area contributed by atoms with Crippen molar-refractivity contribution in [3.05, 3.63) is 35.4 Å². The van der Waals surface area contributed by atoms with Crippen LogP contribution in [0.2, 0.25) is 0 Å². The van der Waals surface area contributed by atoms with Gasteiger partial charge in [-0.05, 0) is 43.9 Å². The van der Waals surface area contributed by atoms with Crippen LogP contribution in [-0.4, -0.2) is 56.1 Å². The first kappa shape index (κ1) is 15.0. The van der Waals surface area contributed by atoms with Gasteiger partial charge in [0, 0.05) is 45.3 Å². The third-order valence-corrected chi connectivity index (χ3v) is 5.03. The number of hydrogen-bond acceptors (Lipinski definition) is 3. The number of hydrogen-bond donors (Lipinski definition) is 1. The predicted molar refractivity (Wildman–Crippen MR) is 88.6 cm³/mol. The van der Waals surface area contributed by atoms with Gasteiger partial charge in [-0.15, -0.1) is 0 Å². The molecule has 1 aliphatic carbocycles. The highest BCUT2D eigenvalue weighted by molar-refractivity contribution is 5.29. The molecule has 1 N–H and O–H groups in total. The minimum absolute atomic E-state index is 0.446. The molecular weight excluding hydrogens is 258 g/mol. The summed E-state index contributed by atoms with van der Waals surface area (Å²) in [5.74, 6) is 1.02. The molecule has 0 bridgehead atoms. The molecule has 1 saturated heterocycles. The first-order valence-electron chi connectivity index (χ1n) is 8.44. The van der Waals surface area contributed by atoms with E-state index < -0.39 is 0 Å². The van der Waals surface area contributed by atoms with Crippen LogP contribution in [0.1, 0.15) is 30.0 Å². The Labute approximate surface area is 129 Å². The van der Waals surface area contributed by atoms with Gasteiger partial charge in [0.2, 0.25) is 0 Å². The topological polar surface area (TPSA) is 18.5 Å². The standard InChI is InChI=1S/C18H29N3/c1-15-5-3-4-6-17(15)18(19-2)14-21-11-9-20(10-12-21)13-16-7-8-16/h3-6,16,18-19H,7-14H2,1-2H3. The van der Waals surface area contributed by atoms with Crippen molar-refractivity contribution < 1.29 is 0 Å². The van der Waals surface area contributed by atoms with Crippen LogP contribution in [0.5, 0.6) is 0 Å². The Morgan fingerprint density at radius 2 is 1.76 bits per heavy atom. The van der Waals surface area contributed by atoms with E-state index in [-0.39, 0.29) is 0 Å². The lowest BCUT2D eigenvalue weighted by molar-refractivity contribution is 0.120. The lowest BCUT2D eigenvalue weighted by atomic mass is 10.0. The van der Waals surface area contributed by atoms with Crippen LogP contribution < -0.4 is 5.32 Å². The highest BCUT2D eigenvalue weighted by Crippen LogP contribution is 2.30. The molecule has 3 heteroatoms. The Morgan fingerprint density at radius 1 is 1.10 bits per heavy atom. The molecule has 1 saturated carbocycles. The van der Waals surface area contributed by atoms with E-state index in [2.05, 4.69) is 53.4 Å². The summed E-state index contributed by atoms with van der Waals surface area (Å²) in [4.78, 5) is 5.29. The van der Waals surface area contributed by atoms with Gasteiger partial charge in [-0.2, -0.15) is 0 Å². The van der Waals surface area contributed by atoms with E-state index in [4.69, 9.17) is 0 Å². The van der Waals surface area contributed by atoms with E-state index in [1.54, 1.807) is 0 Å². The van der Waals surface area contributed by atoms with Crippen LogP contribution in [0, 0.1) is 12.8 Å². The maximum Gasteiger partial charge on any atom is 0.0449 e. The fraction of sp³-hybridized carbons (Fsp3) is 0.667. The summed E-state index contributed by atoms with van der Waals surface area (Å²) < 4.78 is 0. The van der Waals surface area contributed by atoms with E-state index in [0.29, 0.717) is 6.04 Å². The number of aryl methyl sites for hydroxylation is 1. The van der Waals surface area contributed by atoms with Gasteiger partial charge in [-0.1, -0.05) is 24.3 Å². The molecule has 0 radical (unpaired) electrons. The minimum atomic E-state index is 0.446. The minimum Gasteiger partial charge on any atom is -0.312 e. The average molecular weight is 287 g/mol. The number of rotatable bonds is 6. The van der Waals surface area contributed by atoms with Gasteiger partial charge in [-0.25, -0.2) is 0 Å². The fourth-order valence-corrected chi connectivity index (χ4v) is 3.40. The molecule has 1 aromatic carbocycles. The van der Waals surface area contributed by atoms with Crippen molar-refractivity contribution in [2.75, 3.05) is 46.3 Å². The second kappa shape index (κ2) is 6.91. The maximum absolute atomic E-state index is 3.50. The molecule has 21 heavy (non-hydrogen) atoms. The van der Waals surface area contributed by atoms with Crippen molar-refractivity contribution >= 4 is 0 Å². The SMILES string of the molecule is CNC(CN1CCN(CC2CC2)CC1)c1ccccc1C. The molecule has 1 aromatic rings. The van der Waals surface area contributed by atoms with Crippen molar-refractivity contribution in [1.82, 2.24) is 15.1 Å². The van der Waals surface area contributed by atoms with E-state index in [9.17, 15) is 0 Å². The molecule has 1 unspecified atom stereocenters. The Hall–Kier alpha value is -0.900. The lowest BCUT2D eigenvalue weighted by Gasteiger charge is -2.36. The fourth-order valence-electron chi connectivity index (χ4n) is 3.40. The largest absolute Gasteiger partial charge is 0.312 e. The zero-order valence-corrected chi connectivity index (χ0v) is 13.5. The van der Waals surface area contributed by atoms with Crippen molar-refractivity contribution in [3.63, 3.8) is 0 Å². The van der Waals surface area contributed by atoms with Crippen LogP contribution in [0.3, 0.4) is 0 Å². The highest BCUT2D eigenvalue weighted by Gasteiger charge is 2.27. The Kier molecular flexibility index (Phi) is 4.94. The molecular formula is C18H29N3. The zero-order valence-electron chi connectivity index (χ0n) is 13.5. The quantitative estimate of drug-likeness (QED) is 0.866. The lowest BCUT2D eigenvalue weighted by Crippen LogP contribution is -2.48. The zero-order chi connectivity index (χ0) is 14.7. The van der Waals surface area contributed by atoms with Crippen molar-refractivity contribution in [2.24, 2.45) is 5.92 Å². The summed E-state index contributed by atoms with van der Waals surface area (Å²) in [6, 6.07) is 9.21. The van der Waals surface area contributed by atoms with Crippen molar-refractivity contribution in [3.8, 4) is 0 Å². The van der Waals surface area contributed by atoms with Gasteiger partial charge < -0.3 is 10.2 Å². The Bertz CT molecular complexity index is 448. The van der Waals surface area contributed by atoms with Gasteiger partial charge in [0.1, 0.15) is 0 Å². The van der Waals surface area contributed by atoms with E-state index in [1.165, 1.54) is 56.7 Å². The summed E-state index contributed by atoms with van der Waals surface area (Å²) in [5.41, 5.74) is 2.84. The summed E-state index contributed by atoms with van der Waals surface area (Å²) in [6.45, 7) is 9.63. The third kappa shape index (κ3) is 4.06. The molecule has 2 aliphatic rings. The second-order valence-electron chi connectivity index (χ2n) is 6.74. The molecule has 3 rings (SSSR count). The van der Waals surface area contributed by atoms with Crippen LogP contribution in [0.4, 0.5) is 0 Å². The molecule has 0 spiro atoms. The second-order valence-corrected chi connectivity index (χ2v) is 6.74. The predicted octanol–water partition coefficient (Wildman–Crippen LogP) is 2.28. The molecule has 1 aliphatic heterocycles. The molecule has 0 aromatic heterocycles. The summed E-state index contributed by atoms with van der Waals surface area (Å²) in [7, 11) is 2.08. The van der Waals surface area contributed by atoms with Gasteiger partial charge in [0.25, 0.3) is 0 Å². The maximum atomic E-state index is 3.50. The molecule has 116 valence electrons. The third-order valence-electron chi connectivity index (χ3n) is 5.03.